The molecule has 0 atom stereocenters. The molecule has 0 bridgehead atoms. The van der Waals surface area contributed by atoms with Crippen LogP contribution in [0.15, 0.2) is 54.7 Å². The monoisotopic (exact) mass is 583 g/mol. The van der Waals surface area contributed by atoms with Crippen molar-refractivity contribution in [3.05, 3.63) is 76.4 Å². The minimum absolute atomic E-state index is 0.0481. The Balaban J connectivity index is 1.80. The van der Waals surface area contributed by atoms with Crippen LogP contribution in [0.3, 0.4) is 0 Å². The van der Waals surface area contributed by atoms with Gasteiger partial charge in [-0.1, -0.05) is 29.8 Å². The summed E-state index contributed by atoms with van der Waals surface area (Å²) in [5.41, 5.74) is -3.66. The van der Waals surface area contributed by atoms with E-state index in [0.29, 0.717) is 39.8 Å². The van der Waals surface area contributed by atoms with Gasteiger partial charge in [-0.3, -0.25) is 4.79 Å². The van der Waals surface area contributed by atoms with E-state index < -0.39 is 40.4 Å². The molecule has 0 N–H and O–H groups in total. The van der Waals surface area contributed by atoms with Crippen LogP contribution in [-0.4, -0.2) is 31.0 Å². The number of rotatable bonds is 5. The van der Waals surface area contributed by atoms with Gasteiger partial charge in [-0.25, -0.2) is 4.98 Å². The van der Waals surface area contributed by atoms with Crippen molar-refractivity contribution in [2.24, 2.45) is 0 Å². The quantitative estimate of drug-likeness (QED) is 0.283. The second-order valence-corrected chi connectivity index (χ2v) is 10.8. The molecule has 1 saturated heterocycles. The lowest BCUT2D eigenvalue weighted by atomic mass is 9.81. The highest BCUT2D eigenvalue weighted by Crippen LogP contribution is 2.42. The summed E-state index contributed by atoms with van der Waals surface area (Å²) in [5, 5.41) is 0.410. The fraction of sp³-hybridized carbons (Fsp3) is 0.379. The van der Waals surface area contributed by atoms with Gasteiger partial charge in [-0.2, -0.15) is 26.3 Å². The molecule has 1 fully saturated rings. The van der Waals surface area contributed by atoms with E-state index in [-0.39, 0.29) is 6.07 Å². The van der Waals surface area contributed by atoms with Crippen LogP contribution in [0.4, 0.5) is 37.8 Å². The summed E-state index contributed by atoms with van der Waals surface area (Å²) in [6.07, 6.45) is -5.45. The number of pyridine rings is 1. The van der Waals surface area contributed by atoms with Crippen molar-refractivity contribution in [1.82, 2.24) is 4.98 Å². The average Bonchev–Trinajstić information content (AvgIpc) is 2.91. The van der Waals surface area contributed by atoms with Crippen molar-refractivity contribution in [2.75, 3.05) is 29.9 Å². The van der Waals surface area contributed by atoms with Crippen molar-refractivity contribution < 1.29 is 31.1 Å². The molecule has 0 unspecified atom stereocenters. The third-order valence-electron chi connectivity index (χ3n) is 7.22. The minimum Gasteiger partial charge on any atom is -0.357 e. The molecular formula is C29H28ClF6N3O. The number of piperidine rings is 1. The predicted octanol–water partition coefficient (Wildman–Crippen LogP) is 8.37. The molecular weight excluding hydrogens is 556 g/mol. The molecule has 3 aromatic rings. The lowest BCUT2D eigenvalue weighted by Gasteiger charge is -2.33. The fourth-order valence-electron chi connectivity index (χ4n) is 4.86. The van der Waals surface area contributed by atoms with Gasteiger partial charge >= 0.3 is 12.4 Å². The number of carbonyl (C=O) groups excluding carboxylic acids is 1. The first-order valence-electron chi connectivity index (χ1n) is 12.7. The molecule has 2 heterocycles. The predicted molar refractivity (Wildman–Crippen MR) is 144 cm³/mol. The first kappa shape index (κ1) is 29.7. The number of hydrogen-bond acceptors (Lipinski definition) is 3. The molecule has 0 saturated carbocycles. The fourth-order valence-corrected chi connectivity index (χ4v) is 5.10. The SMILES string of the molecule is CN(C(=O)C(C)(C)c1cc(C(F)(F)F)cc(C(F)(F)F)c1)c1cnc(N2CCCCC2)cc1-c1ccccc1Cl. The summed E-state index contributed by atoms with van der Waals surface area (Å²) in [4.78, 5) is 21.7. The second-order valence-electron chi connectivity index (χ2n) is 10.4. The van der Waals surface area contributed by atoms with Gasteiger partial charge in [-0.05, 0) is 69.0 Å². The van der Waals surface area contributed by atoms with Crippen LogP contribution < -0.4 is 9.80 Å². The smallest absolute Gasteiger partial charge is 0.357 e. The molecule has 1 aromatic heterocycles. The van der Waals surface area contributed by atoms with Crippen LogP contribution >= 0.6 is 11.6 Å². The molecule has 1 amide bonds. The molecule has 0 radical (unpaired) electrons. The maximum absolute atomic E-state index is 13.8. The molecule has 40 heavy (non-hydrogen) atoms. The van der Waals surface area contributed by atoms with E-state index in [1.54, 1.807) is 24.3 Å². The number of halogens is 7. The number of carbonyl (C=O) groups is 1. The van der Waals surface area contributed by atoms with Gasteiger partial charge < -0.3 is 9.80 Å². The normalized spacial score (nSPS) is 14.8. The number of anilines is 2. The Morgan fingerprint density at radius 2 is 1.40 bits per heavy atom. The molecule has 4 rings (SSSR count). The minimum atomic E-state index is -5.04. The number of nitrogens with zero attached hydrogens (tertiary/aromatic N) is 3. The number of benzene rings is 2. The maximum Gasteiger partial charge on any atom is 0.416 e. The Morgan fingerprint density at radius 1 is 0.850 bits per heavy atom. The zero-order valence-corrected chi connectivity index (χ0v) is 22.9. The van der Waals surface area contributed by atoms with Crippen molar-refractivity contribution in [3.63, 3.8) is 0 Å². The highest BCUT2D eigenvalue weighted by Gasteiger charge is 2.41. The lowest BCUT2D eigenvalue weighted by Crippen LogP contribution is -2.42. The van der Waals surface area contributed by atoms with Crippen LogP contribution in [0.25, 0.3) is 11.1 Å². The van der Waals surface area contributed by atoms with Gasteiger partial charge in [0.05, 0.1) is 28.4 Å². The van der Waals surface area contributed by atoms with E-state index in [9.17, 15) is 31.1 Å². The summed E-state index contributed by atoms with van der Waals surface area (Å²) in [5.74, 6) is -0.0352. The zero-order chi connectivity index (χ0) is 29.5. The van der Waals surface area contributed by atoms with Gasteiger partial charge in [0.15, 0.2) is 0 Å². The Morgan fingerprint density at radius 3 is 1.95 bits per heavy atom. The van der Waals surface area contributed by atoms with Crippen LogP contribution in [0.5, 0.6) is 0 Å². The molecule has 214 valence electrons. The van der Waals surface area contributed by atoms with Crippen LogP contribution in [0.2, 0.25) is 5.02 Å². The first-order chi connectivity index (χ1) is 18.6. The molecule has 1 aliphatic heterocycles. The Kier molecular flexibility index (Phi) is 8.13. The molecule has 0 spiro atoms. The maximum atomic E-state index is 13.8. The highest BCUT2D eigenvalue weighted by molar-refractivity contribution is 6.33. The number of alkyl halides is 6. The Bertz CT molecular complexity index is 1360. The van der Waals surface area contributed by atoms with Gasteiger partial charge in [0.25, 0.3) is 0 Å². The van der Waals surface area contributed by atoms with E-state index in [4.69, 9.17) is 11.6 Å². The lowest BCUT2D eigenvalue weighted by molar-refractivity contribution is -0.143. The number of likely N-dealkylation sites (N-methyl/N-ethyl adjacent to an activating group) is 1. The number of aromatic nitrogens is 1. The topological polar surface area (TPSA) is 36.4 Å². The molecule has 2 aromatic carbocycles. The standard InChI is InChI=1S/C29H28ClF6N3O/c1-27(2,18-13-19(28(31,32)33)15-20(14-18)29(34,35)36)26(40)38(3)24-17-37-25(39-11-7-4-8-12-39)16-22(24)21-9-5-6-10-23(21)30/h5-6,9-10,13-17H,4,7-8,11-12H2,1-3H3. The Hall–Kier alpha value is -3.27. The van der Waals surface area contributed by atoms with Crippen molar-refractivity contribution >= 4 is 29.0 Å². The second kappa shape index (κ2) is 11.0. The van der Waals surface area contributed by atoms with Gasteiger partial charge in [0.2, 0.25) is 5.91 Å². The summed E-state index contributed by atoms with van der Waals surface area (Å²) >= 11 is 6.51. The molecule has 0 aliphatic carbocycles. The highest BCUT2D eigenvalue weighted by atomic mass is 35.5. The number of amides is 1. The number of hydrogen-bond donors (Lipinski definition) is 0. The van der Waals surface area contributed by atoms with Crippen LogP contribution in [0, 0.1) is 0 Å². The average molecular weight is 584 g/mol. The van der Waals surface area contributed by atoms with Crippen molar-refractivity contribution in [2.45, 2.75) is 50.9 Å². The van der Waals surface area contributed by atoms with Crippen molar-refractivity contribution in [3.8, 4) is 11.1 Å². The van der Waals surface area contributed by atoms with E-state index in [2.05, 4.69) is 9.88 Å². The van der Waals surface area contributed by atoms with Gasteiger partial charge in [-0.15, -0.1) is 0 Å². The summed E-state index contributed by atoms with van der Waals surface area (Å²) in [7, 11) is 1.42. The first-order valence-corrected chi connectivity index (χ1v) is 13.1. The van der Waals surface area contributed by atoms with Crippen molar-refractivity contribution in [1.29, 1.82) is 0 Å². The van der Waals surface area contributed by atoms with Crippen LogP contribution in [0.1, 0.15) is 49.8 Å². The molecule has 4 nitrogen and oxygen atoms in total. The van der Waals surface area contributed by atoms with Crippen LogP contribution in [-0.2, 0) is 22.6 Å². The van der Waals surface area contributed by atoms with Gasteiger partial charge in [0, 0.05) is 36.3 Å². The summed E-state index contributed by atoms with van der Waals surface area (Å²) < 4.78 is 81.2. The molecule has 11 heteroatoms. The third kappa shape index (κ3) is 6.06. The largest absolute Gasteiger partial charge is 0.416 e. The van der Waals surface area contributed by atoms with E-state index in [0.717, 1.165) is 32.4 Å². The Labute approximate surface area is 233 Å². The molecule has 1 aliphatic rings. The third-order valence-corrected chi connectivity index (χ3v) is 7.55. The van der Waals surface area contributed by atoms with E-state index in [1.165, 1.54) is 32.0 Å². The van der Waals surface area contributed by atoms with E-state index in [1.807, 2.05) is 6.07 Å². The summed E-state index contributed by atoms with van der Waals surface area (Å²) in [6, 6.07) is 10.0. The van der Waals surface area contributed by atoms with Gasteiger partial charge in [0.1, 0.15) is 5.82 Å². The van der Waals surface area contributed by atoms with E-state index >= 15 is 0 Å². The zero-order valence-electron chi connectivity index (χ0n) is 22.1. The summed E-state index contributed by atoms with van der Waals surface area (Å²) in [6.45, 7) is 4.22.